The molecule has 29 heavy (non-hydrogen) atoms. The monoisotopic (exact) mass is 410 g/mol. The number of nitrogens with one attached hydrogen (secondary N) is 1. The van der Waals surface area contributed by atoms with Gasteiger partial charge in [-0.1, -0.05) is 23.7 Å². The Bertz CT molecular complexity index is 960. The number of halogens is 1. The fourth-order valence-corrected chi connectivity index (χ4v) is 3.40. The van der Waals surface area contributed by atoms with Gasteiger partial charge in [0.2, 0.25) is 0 Å². The van der Waals surface area contributed by atoms with Crippen molar-refractivity contribution in [3.8, 4) is 11.8 Å². The molecule has 0 radical (unpaired) electrons. The Kier molecular flexibility index (Phi) is 6.63. The summed E-state index contributed by atoms with van der Waals surface area (Å²) in [6.45, 7) is 4.90. The third-order valence-corrected chi connectivity index (χ3v) is 5.00. The summed E-state index contributed by atoms with van der Waals surface area (Å²) in [5.74, 6) is 0.102. The third-order valence-electron chi connectivity index (χ3n) is 4.77. The molecule has 0 unspecified atom stereocenters. The van der Waals surface area contributed by atoms with Crippen LogP contribution < -0.4 is 15.0 Å². The topological polar surface area (TPSA) is 68.6 Å². The summed E-state index contributed by atoms with van der Waals surface area (Å²) in [7, 11) is 1.54. The average molecular weight is 411 g/mol. The highest BCUT2D eigenvalue weighted by molar-refractivity contribution is 6.30. The standard InChI is InChI=1S/C22H23ClN4O2/c1-16-6-7-21(29-2)20(12-16)25-22(28)17(14-24)15-26-8-10-27(11-9-26)19-5-3-4-18(23)13-19/h3-7,12-13,15H,8-11H2,1-2H3,(H,25,28)/b17-15-. The van der Waals surface area contributed by atoms with E-state index in [1.807, 2.05) is 54.3 Å². The minimum absolute atomic E-state index is 0.0600. The van der Waals surface area contributed by atoms with Gasteiger partial charge >= 0.3 is 0 Å². The lowest BCUT2D eigenvalue weighted by Gasteiger charge is -2.35. The number of carbonyl (C=O) groups is 1. The fraction of sp³-hybridized carbons (Fsp3) is 0.273. The van der Waals surface area contributed by atoms with E-state index in [4.69, 9.17) is 16.3 Å². The smallest absolute Gasteiger partial charge is 0.267 e. The van der Waals surface area contributed by atoms with E-state index in [0.29, 0.717) is 29.5 Å². The number of anilines is 2. The molecule has 150 valence electrons. The maximum Gasteiger partial charge on any atom is 0.267 e. The van der Waals surface area contributed by atoms with E-state index in [1.165, 1.54) is 0 Å². The first-order chi connectivity index (χ1) is 14.0. The number of nitrogens with zero attached hydrogens (tertiary/aromatic N) is 3. The maximum absolute atomic E-state index is 12.6. The number of piperazine rings is 1. The zero-order valence-electron chi connectivity index (χ0n) is 16.5. The number of aryl methyl sites for hydroxylation is 1. The molecular formula is C22H23ClN4O2. The molecule has 1 aliphatic rings. The van der Waals surface area contributed by atoms with Gasteiger partial charge in [0.05, 0.1) is 12.8 Å². The minimum Gasteiger partial charge on any atom is -0.495 e. The van der Waals surface area contributed by atoms with E-state index in [0.717, 1.165) is 24.3 Å². The Balaban J connectivity index is 1.65. The van der Waals surface area contributed by atoms with Crippen molar-refractivity contribution in [2.45, 2.75) is 6.92 Å². The second kappa shape index (κ2) is 9.35. The van der Waals surface area contributed by atoms with Crippen molar-refractivity contribution in [2.24, 2.45) is 0 Å². The fourth-order valence-electron chi connectivity index (χ4n) is 3.21. The molecule has 0 atom stereocenters. The van der Waals surface area contributed by atoms with Gasteiger partial charge in [-0.25, -0.2) is 0 Å². The summed E-state index contributed by atoms with van der Waals surface area (Å²) >= 11 is 6.08. The zero-order chi connectivity index (χ0) is 20.8. The van der Waals surface area contributed by atoms with Crippen LogP contribution in [0.2, 0.25) is 5.02 Å². The molecule has 2 aromatic carbocycles. The van der Waals surface area contributed by atoms with Crippen molar-refractivity contribution in [3.63, 3.8) is 0 Å². The Morgan fingerprint density at radius 3 is 2.62 bits per heavy atom. The highest BCUT2D eigenvalue weighted by Gasteiger charge is 2.18. The first-order valence-electron chi connectivity index (χ1n) is 9.32. The number of amides is 1. The zero-order valence-corrected chi connectivity index (χ0v) is 17.2. The van der Waals surface area contributed by atoms with Crippen LogP contribution in [-0.2, 0) is 4.79 Å². The highest BCUT2D eigenvalue weighted by atomic mass is 35.5. The van der Waals surface area contributed by atoms with Crippen molar-refractivity contribution in [2.75, 3.05) is 43.5 Å². The molecule has 0 bridgehead atoms. The lowest BCUT2D eigenvalue weighted by Crippen LogP contribution is -2.44. The third kappa shape index (κ3) is 5.21. The van der Waals surface area contributed by atoms with Crippen molar-refractivity contribution in [1.29, 1.82) is 5.26 Å². The van der Waals surface area contributed by atoms with E-state index in [2.05, 4.69) is 10.2 Å². The summed E-state index contributed by atoms with van der Waals surface area (Å²) in [5, 5.41) is 13.0. The van der Waals surface area contributed by atoms with Crippen LogP contribution in [0.15, 0.2) is 54.2 Å². The van der Waals surface area contributed by atoms with Gasteiger partial charge in [-0.05, 0) is 42.8 Å². The van der Waals surface area contributed by atoms with E-state index < -0.39 is 5.91 Å². The van der Waals surface area contributed by atoms with Crippen molar-refractivity contribution < 1.29 is 9.53 Å². The molecule has 0 aliphatic carbocycles. The molecule has 1 saturated heterocycles. The number of hydrogen-bond acceptors (Lipinski definition) is 5. The van der Waals surface area contributed by atoms with Crippen LogP contribution in [0.3, 0.4) is 0 Å². The number of methoxy groups -OCH3 is 1. The molecule has 2 aromatic rings. The van der Waals surface area contributed by atoms with E-state index in [1.54, 1.807) is 19.4 Å². The number of ether oxygens (including phenoxy) is 1. The van der Waals surface area contributed by atoms with E-state index in [9.17, 15) is 10.1 Å². The second-order valence-corrected chi connectivity index (χ2v) is 7.25. The van der Waals surface area contributed by atoms with Gasteiger partial charge in [-0.15, -0.1) is 0 Å². The number of rotatable bonds is 5. The predicted molar refractivity (Wildman–Crippen MR) is 115 cm³/mol. The van der Waals surface area contributed by atoms with Crippen LogP contribution >= 0.6 is 11.6 Å². The molecule has 0 saturated carbocycles. The van der Waals surface area contributed by atoms with Gasteiger partial charge < -0.3 is 19.9 Å². The summed E-state index contributed by atoms with van der Waals surface area (Å²) in [6.07, 6.45) is 1.63. The molecule has 1 heterocycles. The normalized spacial score (nSPS) is 14.3. The van der Waals surface area contributed by atoms with Gasteiger partial charge in [-0.2, -0.15) is 5.26 Å². The van der Waals surface area contributed by atoms with Crippen molar-refractivity contribution in [1.82, 2.24) is 4.90 Å². The molecule has 1 fully saturated rings. The quantitative estimate of drug-likeness (QED) is 0.599. The van der Waals surface area contributed by atoms with Gasteiger partial charge in [0, 0.05) is 43.1 Å². The Hall–Kier alpha value is -3.17. The van der Waals surface area contributed by atoms with Crippen LogP contribution in [-0.4, -0.2) is 44.1 Å². The molecule has 0 aromatic heterocycles. The van der Waals surface area contributed by atoms with Gasteiger partial charge in [-0.3, -0.25) is 4.79 Å². The molecule has 6 nitrogen and oxygen atoms in total. The van der Waals surface area contributed by atoms with Crippen LogP contribution in [0, 0.1) is 18.3 Å². The van der Waals surface area contributed by atoms with Crippen molar-refractivity contribution >= 4 is 28.9 Å². The Morgan fingerprint density at radius 2 is 1.97 bits per heavy atom. The first kappa shape index (κ1) is 20.6. The molecule has 1 amide bonds. The Labute approximate surface area is 175 Å². The summed E-state index contributed by atoms with van der Waals surface area (Å²) < 4.78 is 5.28. The Morgan fingerprint density at radius 1 is 1.21 bits per heavy atom. The van der Waals surface area contributed by atoms with Crippen LogP contribution in [0.5, 0.6) is 5.75 Å². The molecule has 1 N–H and O–H groups in total. The van der Waals surface area contributed by atoms with Gasteiger partial charge in [0.15, 0.2) is 0 Å². The molecule has 0 spiro atoms. The minimum atomic E-state index is -0.450. The maximum atomic E-state index is 12.6. The van der Waals surface area contributed by atoms with Gasteiger partial charge in [0.25, 0.3) is 5.91 Å². The van der Waals surface area contributed by atoms with Gasteiger partial charge in [0.1, 0.15) is 17.4 Å². The van der Waals surface area contributed by atoms with Crippen molar-refractivity contribution in [3.05, 3.63) is 64.8 Å². The predicted octanol–water partition coefficient (Wildman–Crippen LogP) is 3.83. The largest absolute Gasteiger partial charge is 0.495 e. The number of nitriles is 1. The van der Waals surface area contributed by atoms with E-state index >= 15 is 0 Å². The average Bonchev–Trinajstić information content (AvgIpc) is 2.72. The lowest BCUT2D eigenvalue weighted by molar-refractivity contribution is -0.112. The lowest BCUT2D eigenvalue weighted by atomic mass is 10.2. The number of carbonyl (C=O) groups excluding carboxylic acids is 1. The van der Waals surface area contributed by atoms with Crippen LogP contribution in [0.4, 0.5) is 11.4 Å². The summed E-state index contributed by atoms with van der Waals surface area (Å²) in [4.78, 5) is 16.8. The molecule has 1 aliphatic heterocycles. The SMILES string of the molecule is COc1ccc(C)cc1NC(=O)/C(C#N)=C\N1CCN(c2cccc(Cl)c2)CC1. The van der Waals surface area contributed by atoms with Crippen LogP contribution in [0.1, 0.15) is 5.56 Å². The van der Waals surface area contributed by atoms with Crippen LogP contribution in [0.25, 0.3) is 0 Å². The highest BCUT2D eigenvalue weighted by Crippen LogP contribution is 2.26. The van der Waals surface area contributed by atoms with E-state index in [-0.39, 0.29) is 5.57 Å². The second-order valence-electron chi connectivity index (χ2n) is 6.82. The molecule has 3 rings (SSSR count). The number of hydrogen-bond donors (Lipinski definition) is 1. The summed E-state index contributed by atoms with van der Waals surface area (Å²) in [6, 6.07) is 15.3. The first-order valence-corrected chi connectivity index (χ1v) is 9.70. The number of benzene rings is 2. The molecular weight excluding hydrogens is 388 g/mol. The summed E-state index contributed by atoms with van der Waals surface area (Å²) in [5.41, 5.74) is 2.67. The molecule has 7 heteroatoms.